The van der Waals surface area contributed by atoms with E-state index in [1.165, 1.54) is 26.2 Å². The normalized spacial score (nSPS) is 25.3. The van der Waals surface area contributed by atoms with Crippen LogP contribution >= 0.6 is 19.2 Å². The molecule has 2 aromatic carbocycles. The molecule has 2 unspecified atom stereocenters. The van der Waals surface area contributed by atoms with E-state index >= 15 is 0 Å². The predicted molar refractivity (Wildman–Crippen MR) is 163 cm³/mol. The number of fused-ring (bicyclic) bond motifs is 2. The van der Waals surface area contributed by atoms with E-state index in [0.717, 1.165) is 40.8 Å². The Balaban J connectivity index is 1.63. The summed E-state index contributed by atoms with van der Waals surface area (Å²) in [6.07, 6.45) is 4.28. The predicted octanol–water partition coefficient (Wildman–Crippen LogP) is 8.82. The van der Waals surface area contributed by atoms with Crippen LogP contribution in [0.15, 0.2) is 54.7 Å². The highest BCUT2D eigenvalue weighted by Gasteiger charge is 2.65. The van der Waals surface area contributed by atoms with Gasteiger partial charge in [-0.15, -0.1) is 0 Å². The van der Waals surface area contributed by atoms with Crippen LogP contribution in [0.25, 0.3) is 11.3 Å². The Hall–Kier alpha value is -1.88. The molecule has 7 heteroatoms. The molecule has 216 valence electrons. The van der Waals surface area contributed by atoms with Gasteiger partial charge in [0.25, 0.3) is 0 Å². The van der Waals surface area contributed by atoms with Crippen LogP contribution in [0.5, 0.6) is 0 Å². The molecule has 3 aromatic rings. The summed E-state index contributed by atoms with van der Waals surface area (Å²) in [6.45, 7) is 11.6. The molecule has 1 heterocycles. The van der Waals surface area contributed by atoms with E-state index in [9.17, 15) is 9.67 Å². The third kappa shape index (κ3) is 5.03. The van der Waals surface area contributed by atoms with Gasteiger partial charge in [0.15, 0.2) is 0 Å². The summed E-state index contributed by atoms with van der Waals surface area (Å²) < 4.78 is 27.8. The Kier molecular flexibility index (Phi) is 7.96. The monoisotopic (exact) mass is 583 g/mol. The van der Waals surface area contributed by atoms with E-state index < -0.39 is 19.4 Å². The second kappa shape index (κ2) is 10.7. The van der Waals surface area contributed by atoms with E-state index in [0.29, 0.717) is 17.5 Å². The Morgan fingerprint density at radius 1 is 1.07 bits per heavy atom. The summed E-state index contributed by atoms with van der Waals surface area (Å²) in [5.74, 6) is 0.499. The molecule has 0 saturated heterocycles. The van der Waals surface area contributed by atoms with Gasteiger partial charge in [0.05, 0.1) is 11.8 Å². The Labute approximate surface area is 244 Å². The molecule has 2 bridgehead atoms. The largest absolute Gasteiger partial charge is 0.387 e. The number of halogens is 1. The van der Waals surface area contributed by atoms with Gasteiger partial charge >= 0.3 is 7.60 Å². The molecule has 5 nitrogen and oxygen atoms in total. The van der Waals surface area contributed by atoms with E-state index in [1.807, 2.05) is 31.3 Å². The molecule has 1 aromatic heterocycles. The van der Waals surface area contributed by atoms with Gasteiger partial charge in [-0.2, -0.15) is 0 Å². The minimum Gasteiger partial charge on any atom is -0.387 e. The zero-order chi connectivity index (χ0) is 29.0. The van der Waals surface area contributed by atoms with E-state index in [1.54, 1.807) is 0 Å². The number of rotatable bonds is 9. The van der Waals surface area contributed by atoms with Gasteiger partial charge < -0.3 is 18.7 Å². The first-order valence-corrected chi connectivity index (χ1v) is 16.2. The fraction of sp³-hybridized carbons (Fsp3) is 0.515. The molecule has 0 spiro atoms. The molecule has 1 N–H and O–H groups in total. The maximum absolute atomic E-state index is 14.3. The molecule has 5 rings (SSSR count). The lowest BCUT2D eigenvalue weighted by Gasteiger charge is -2.49. The van der Waals surface area contributed by atoms with Gasteiger partial charge in [-0.05, 0) is 96.2 Å². The molecule has 5 atom stereocenters. The van der Waals surface area contributed by atoms with Crippen LogP contribution in [0.1, 0.15) is 68.4 Å². The molecular formula is C33H43ClNO4P. The molecule has 2 aliphatic carbocycles. The third-order valence-corrected chi connectivity index (χ3v) is 12.9. The number of nitrogens with zero attached hydrogens (tertiary/aromatic N) is 1. The maximum atomic E-state index is 14.3. The minimum atomic E-state index is -3.66. The molecule has 0 aliphatic heterocycles. The van der Waals surface area contributed by atoms with Gasteiger partial charge in [-0.3, -0.25) is 4.57 Å². The SMILES string of the molecule is COP(=O)(OC)C(C(O)c1cc(-c2ccc(Cl)c(C)c2)n(Cc2ccc(C)cc2)c1)[C@@H]1C(C)(C)[C@@H]2CC[C@@]1(C)C2. The van der Waals surface area contributed by atoms with Gasteiger partial charge in [0.1, 0.15) is 0 Å². The second-order valence-corrected chi connectivity index (χ2v) is 15.8. The maximum Gasteiger partial charge on any atom is 0.336 e. The van der Waals surface area contributed by atoms with Crippen molar-refractivity contribution >= 4 is 19.2 Å². The van der Waals surface area contributed by atoms with Crippen molar-refractivity contribution in [3.05, 3.63) is 82.0 Å². The Morgan fingerprint density at radius 2 is 1.75 bits per heavy atom. The van der Waals surface area contributed by atoms with Crippen LogP contribution in [0.2, 0.25) is 5.02 Å². The molecule has 0 radical (unpaired) electrons. The Morgan fingerprint density at radius 3 is 2.33 bits per heavy atom. The topological polar surface area (TPSA) is 60.7 Å². The first-order valence-electron chi connectivity index (χ1n) is 14.2. The van der Waals surface area contributed by atoms with Gasteiger partial charge in [0, 0.05) is 37.7 Å². The summed E-state index contributed by atoms with van der Waals surface area (Å²) in [4.78, 5) is 0. The van der Waals surface area contributed by atoms with Gasteiger partial charge in [-0.1, -0.05) is 68.3 Å². The minimum absolute atomic E-state index is 0.0267. The first kappa shape index (κ1) is 29.6. The molecule has 40 heavy (non-hydrogen) atoms. The molecule has 2 fully saturated rings. The van der Waals surface area contributed by atoms with Crippen molar-refractivity contribution in [2.75, 3.05) is 14.2 Å². The van der Waals surface area contributed by atoms with Crippen molar-refractivity contribution in [3.8, 4) is 11.3 Å². The van der Waals surface area contributed by atoms with Crippen LogP contribution in [-0.2, 0) is 20.2 Å². The van der Waals surface area contributed by atoms with Crippen LogP contribution < -0.4 is 0 Å². The summed E-state index contributed by atoms with van der Waals surface area (Å²) in [5.41, 5.74) is 5.22. The van der Waals surface area contributed by atoms with Crippen molar-refractivity contribution in [1.82, 2.24) is 4.57 Å². The van der Waals surface area contributed by atoms with E-state index in [2.05, 4.69) is 62.6 Å². The fourth-order valence-electron chi connectivity index (χ4n) is 8.01. The highest BCUT2D eigenvalue weighted by Crippen LogP contribution is 2.73. The average molecular weight is 584 g/mol. The van der Waals surface area contributed by atoms with E-state index in [-0.39, 0.29) is 16.7 Å². The van der Waals surface area contributed by atoms with E-state index in [4.69, 9.17) is 20.6 Å². The second-order valence-electron chi connectivity index (χ2n) is 13.0. The number of aryl methyl sites for hydroxylation is 2. The lowest BCUT2D eigenvalue weighted by atomic mass is 9.61. The quantitative estimate of drug-likeness (QED) is 0.256. The average Bonchev–Trinajstić information content (AvgIpc) is 3.58. The third-order valence-electron chi connectivity index (χ3n) is 10.1. The zero-order valence-corrected chi connectivity index (χ0v) is 26.4. The van der Waals surface area contributed by atoms with Crippen molar-refractivity contribution < 1.29 is 18.7 Å². The lowest BCUT2D eigenvalue weighted by Crippen LogP contribution is -2.45. The van der Waals surface area contributed by atoms with Crippen LogP contribution in [0.3, 0.4) is 0 Å². The molecular weight excluding hydrogens is 541 g/mol. The summed E-state index contributed by atoms with van der Waals surface area (Å²) in [6, 6.07) is 16.5. The van der Waals surface area contributed by atoms with Crippen LogP contribution in [0.4, 0.5) is 0 Å². The standard InChI is InChI=1S/C33H43ClNO4P/c1-21-8-10-23(11-9-21)19-35-20-25(17-28(35)24-12-13-27(34)22(2)16-24)29(36)30(40(37,38-6)39-7)31-32(3,4)26-14-15-33(31,5)18-26/h8-13,16-17,20,26,29-31,36H,14-15,18-19H2,1-7H3/t26-,29?,30?,31-,33+/m1/s1. The summed E-state index contributed by atoms with van der Waals surface area (Å²) in [7, 11) is -0.773. The van der Waals surface area contributed by atoms with Gasteiger partial charge in [-0.25, -0.2) is 0 Å². The Bertz CT molecular complexity index is 1420. The number of hydrogen-bond acceptors (Lipinski definition) is 4. The van der Waals surface area contributed by atoms with Gasteiger partial charge in [0.2, 0.25) is 0 Å². The number of aliphatic hydroxyl groups excluding tert-OH is 1. The van der Waals surface area contributed by atoms with Crippen LogP contribution in [0, 0.1) is 36.5 Å². The summed E-state index contributed by atoms with van der Waals surface area (Å²) >= 11 is 6.37. The number of benzene rings is 2. The number of hydrogen-bond donors (Lipinski definition) is 1. The lowest BCUT2D eigenvalue weighted by molar-refractivity contribution is 0.0158. The van der Waals surface area contributed by atoms with Crippen molar-refractivity contribution in [1.29, 1.82) is 0 Å². The number of aromatic nitrogens is 1. The van der Waals surface area contributed by atoms with Crippen LogP contribution in [-0.4, -0.2) is 29.6 Å². The van der Waals surface area contributed by atoms with Crippen molar-refractivity contribution in [2.24, 2.45) is 22.7 Å². The van der Waals surface area contributed by atoms with Crippen molar-refractivity contribution in [2.45, 2.75) is 72.2 Å². The summed E-state index contributed by atoms with van der Waals surface area (Å²) in [5, 5.41) is 12.9. The smallest absolute Gasteiger partial charge is 0.336 e. The molecule has 2 saturated carbocycles. The zero-order valence-electron chi connectivity index (χ0n) is 24.8. The number of aliphatic hydroxyl groups is 1. The van der Waals surface area contributed by atoms with Crippen molar-refractivity contribution in [3.63, 3.8) is 0 Å². The highest BCUT2D eigenvalue weighted by molar-refractivity contribution is 7.54. The fourth-order valence-corrected chi connectivity index (χ4v) is 10.4. The first-order chi connectivity index (χ1) is 18.8. The highest BCUT2D eigenvalue weighted by atomic mass is 35.5. The molecule has 2 aliphatic rings. The molecule has 0 amide bonds.